The predicted octanol–water partition coefficient (Wildman–Crippen LogP) is 5.42. The van der Waals surface area contributed by atoms with E-state index in [1.807, 2.05) is 36.5 Å². The van der Waals surface area contributed by atoms with Crippen LogP contribution in [0.4, 0.5) is 5.82 Å². The standard InChI is InChI=1S/C22H21Cl2N3/c23-19-8-6-18(21(24)12-19)14-25-20-10-11-27(15-20)22-9-7-17(13-26-22)16-4-2-1-3-5-16/h1-9,12-13,20,25H,10-11,14-15H2. The van der Waals surface area contributed by atoms with E-state index in [0.717, 1.165) is 43.0 Å². The third-order valence-electron chi connectivity index (χ3n) is 4.96. The highest BCUT2D eigenvalue weighted by molar-refractivity contribution is 6.35. The number of nitrogens with zero attached hydrogens (tertiary/aromatic N) is 2. The van der Waals surface area contributed by atoms with Crippen LogP contribution in [0.15, 0.2) is 66.9 Å². The van der Waals surface area contributed by atoms with E-state index in [1.54, 1.807) is 6.07 Å². The lowest BCUT2D eigenvalue weighted by Gasteiger charge is -2.18. The minimum absolute atomic E-state index is 0.423. The maximum absolute atomic E-state index is 6.26. The molecule has 4 rings (SSSR count). The van der Waals surface area contributed by atoms with Crippen molar-refractivity contribution in [2.24, 2.45) is 0 Å². The number of nitrogens with one attached hydrogen (secondary N) is 1. The molecule has 1 saturated heterocycles. The number of halogens is 2. The second-order valence-corrected chi connectivity index (χ2v) is 7.66. The Hall–Kier alpha value is -2.07. The summed E-state index contributed by atoms with van der Waals surface area (Å²) in [5.41, 5.74) is 3.41. The van der Waals surface area contributed by atoms with Crippen LogP contribution in [0.5, 0.6) is 0 Å². The van der Waals surface area contributed by atoms with Crippen LogP contribution in [0, 0.1) is 0 Å². The molecule has 3 nitrogen and oxygen atoms in total. The molecular formula is C22H21Cl2N3. The molecule has 0 bridgehead atoms. The summed E-state index contributed by atoms with van der Waals surface area (Å²) in [5.74, 6) is 1.03. The van der Waals surface area contributed by atoms with E-state index in [9.17, 15) is 0 Å². The van der Waals surface area contributed by atoms with Crippen LogP contribution in [0.2, 0.25) is 10.0 Å². The van der Waals surface area contributed by atoms with Gasteiger partial charge in [-0.25, -0.2) is 4.98 Å². The van der Waals surface area contributed by atoms with E-state index in [2.05, 4.69) is 39.5 Å². The van der Waals surface area contributed by atoms with Crippen LogP contribution >= 0.6 is 23.2 Å². The molecule has 0 aliphatic carbocycles. The van der Waals surface area contributed by atoms with Crippen molar-refractivity contribution in [3.63, 3.8) is 0 Å². The number of hydrogen-bond donors (Lipinski definition) is 1. The fourth-order valence-electron chi connectivity index (χ4n) is 3.43. The Morgan fingerprint density at radius 2 is 1.85 bits per heavy atom. The van der Waals surface area contributed by atoms with E-state index in [-0.39, 0.29) is 0 Å². The minimum atomic E-state index is 0.423. The van der Waals surface area contributed by atoms with Gasteiger partial charge in [-0.2, -0.15) is 0 Å². The summed E-state index contributed by atoms with van der Waals surface area (Å²) < 4.78 is 0. The van der Waals surface area contributed by atoms with E-state index in [1.165, 1.54) is 5.56 Å². The molecule has 1 fully saturated rings. The zero-order chi connectivity index (χ0) is 18.6. The second kappa shape index (κ2) is 8.30. The number of pyridine rings is 1. The molecule has 1 atom stereocenters. The van der Waals surface area contributed by atoms with Crippen LogP contribution in [-0.4, -0.2) is 24.1 Å². The minimum Gasteiger partial charge on any atom is -0.355 e. The van der Waals surface area contributed by atoms with E-state index in [0.29, 0.717) is 16.1 Å². The molecule has 0 amide bonds. The smallest absolute Gasteiger partial charge is 0.128 e. The molecule has 0 spiro atoms. The molecule has 138 valence electrons. The third kappa shape index (κ3) is 4.44. The van der Waals surface area contributed by atoms with Crippen LogP contribution in [0.3, 0.4) is 0 Å². The Balaban J connectivity index is 1.35. The van der Waals surface area contributed by atoms with Crippen molar-refractivity contribution in [3.8, 4) is 11.1 Å². The van der Waals surface area contributed by atoms with Gasteiger partial charge in [0.25, 0.3) is 0 Å². The van der Waals surface area contributed by atoms with Crippen molar-refractivity contribution in [3.05, 3.63) is 82.5 Å². The fourth-order valence-corrected chi connectivity index (χ4v) is 3.90. The zero-order valence-corrected chi connectivity index (χ0v) is 16.4. The molecule has 2 aromatic carbocycles. The largest absolute Gasteiger partial charge is 0.355 e. The van der Waals surface area contributed by atoms with Crippen molar-refractivity contribution >= 4 is 29.0 Å². The second-order valence-electron chi connectivity index (χ2n) is 6.82. The maximum atomic E-state index is 6.26. The van der Waals surface area contributed by atoms with E-state index in [4.69, 9.17) is 23.2 Å². The molecule has 1 aliphatic rings. The summed E-state index contributed by atoms with van der Waals surface area (Å²) >= 11 is 12.2. The summed E-state index contributed by atoms with van der Waals surface area (Å²) in [6.07, 6.45) is 3.05. The average Bonchev–Trinajstić information content (AvgIpc) is 3.17. The van der Waals surface area contributed by atoms with Gasteiger partial charge in [-0.1, -0.05) is 59.6 Å². The van der Waals surface area contributed by atoms with Gasteiger partial charge in [-0.15, -0.1) is 0 Å². The van der Waals surface area contributed by atoms with Gasteiger partial charge in [0, 0.05) is 47.5 Å². The first-order valence-corrected chi connectivity index (χ1v) is 9.88. The number of hydrogen-bond acceptors (Lipinski definition) is 3. The van der Waals surface area contributed by atoms with Crippen molar-refractivity contribution in [1.82, 2.24) is 10.3 Å². The zero-order valence-electron chi connectivity index (χ0n) is 14.9. The first-order valence-electron chi connectivity index (χ1n) is 9.13. The lowest BCUT2D eigenvalue weighted by atomic mass is 10.1. The molecule has 1 N–H and O–H groups in total. The van der Waals surface area contributed by atoms with Crippen LogP contribution < -0.4 is 10.2 Å². The SMILES string of the molecule is Clc1ccc(CNC2CCN(c3ccc(-c4ccccc4)cn3)C2)c(Cl)c1. The molecule has 1 unspecified atom stereocenters. The predicted molar refractivity (Wildman–Crippen MR) is 114 cm³/mol. The molecule has 27 heavy (non-hydrogen) atoms. The quantitative estimate of drug-likeness (QED) is 0.622. The number of rotatable bonds is 5. The van der Waals surface area contributed by atoms with Crippen LogP contribution in [0.25, 0.3) is 11.1 Å². The van der Waals surface area contributed by atoms with Crippen molar-refractivity contribution in [1.29, 1.82) is 0 Å². The normalized spacial score (nSPS) is 16.7. The first-order chi connectivity index (χ1) is 13.2. The molecule has 3 aromatic rings. The van der Waals surface area contributed by atoms with E-state index < -0.39 is 0 Å². The summed E-state index contributed by atoms with van der Waals surface area (Å²) in [6, 6.07) is 20.7. The molecule has 2 heterocycles. The van der Waals surface area contributed by atoms with Crippen LogP contribution in [-0.2, 0) is 6.54 Å². The van der Waals surface area contributed by atoms with Gasteiger partial charge in [0.1, 0.15) is 5.82 Å². The summed E-state index contributed by atoms with van der Waals surface area (Å²) in [5, 5.41) is 4.98. The Morgan fingerprint density at radius 3 is 2.59 bits per heavy atom. The average molecular weight is 398 g/mol. The molecule has 1 aromatic heterocycles. The Labute approximate surface area is 170 Å². The number of anilines is 1. The Bertz CT molecular complexity index is 897. The van der Waals surface area contributed by atoms with Gasteiger partial charge >= 0.3 is 0 Å². The number of aromatic nitrogens is 1. The van der Waals surface area contributed by atoms with Gasteiger partial charge in [0.15, 0.2) is 0 Å². The third-order valence-corrected chi connectivity index (χ3v) is 5.55. The molecule has 5 heteroatoms. The monoisotopic (exact) mass is 397 g/mol. The van der Waals surface area contributed by atoms with Gasteiger partial charge < -0.3 is 10.2 Å². The van der Waals surface area contributed by atoms with Gasteiger partial charge in [-0.05, 0) is 41.8 Å². The number of benzene rings is 2. The van der Waals surface area contributed by atoms with Crippen molar-refractivity contribution in [2.45, 2.75) is 19.0 Å². The lowest BCUT2D eigenvalue weighted by Crippen LogP contribution is -2.32. The van der Waals surface area contributed by atoms with E-state index >= 15 is 0 Å². The Kier molecular flexibility index (Phi) is 5.63. The molecule has 1 aliphatic heterocycles. The highest BCUT2D eigenvalue weighted by atomic mass is 35.5. The van der Waals surface area contributed by atoms with Crippen molar-refractivity contribution < 1.29 is 0 Å². The Morgan fingerprint density at radius 1 is 1.00 bits per heavy atom. The topological polar surface area (TPSA) is 28.2 Å². The summed E-state index contributed by atoms with van der Waals surface area (Å²) in [4.78, 5) is 7.01. The van der Waals surface area contributed by atoms with Gasteiger partial charge in [-0.3, -0.25) is 0 Å². The first kappa shape index (κ1) is 18.3. The van der Waals surface area contributed by atoms with Gasteiger partial charge in [0.05, 0.1) is 0 Å². The van der Waals surface area contributed by atoms with Crippen LogP contribution in [0.1, 0.15) is 12.0 Å². The summed E-state index contributed by atoms with van der Waals surface area (Å²) in [7, 11) is 0. The van der Waals surface area contributed by atoms with Crippen molar-refractivity contribution in [2.75, 3.05) is 18.0 Å². The fraction of sp³-hybridized carbons (Fsp3) is 0.227. The highest BCUT2D eigenvalue weighted by Gasteiger charge is 2.23. The van der Waals surface area contributed by atoms with Gasteiger partial charge in [0.2, 0.25) is 0 Å². The molecular weight excluding hydrogens is 377 g/mol. The molecule has 0 saturated carbocycles. The lowest BCUT2D eigenvalue weighted by molar-refractivity contribution is 0.551. The summed E-state index contributed by atoms with van der Waals surface area (Å²) in [6.45, 7) is 2.70. The highest BCUT2D eigenvalue weighted by Crippen LogP contribution is 2.24. The maximum Gasteiger partial charge on any atom is 0.128 e. The molecule has 0 radical (unpaired) electrons.